The largest absolute Gasteiger partial charge is 0.341 e. The molecule has 2 fully saturated rings. The summed E-state index contributed by atoms with van der Waals surface area (Å²) in [6, 6.07) is 5.98. The third kappa shape index (κ3) is 1.86. The topological polar surface area (TPSA) is 40.7 Å². The van der Waals surface area contributed by atoms with Crippen molar-refractivity contribution in [2.45, 2.75) is 44.2 Å². The van der Waals surface area contributed by atoms with Crippen LogP contribution in [0.4, 0.5) is 4.39 Å². The quantitative estimate of drug-likeness (QED) is 0.825. The summed E-state index contributed by atoms with van der Waals surface area (Å²) >= 11 is 0. The Morgan fingerprint density at radius 3 is 2.95 bits per heavy atom. The van der Waals surface area contributed by atoms with Crippen molar-refractivity contribution in [2.75, 3.05) is 0 Å². The van der Waals surface area contributed by atoms with Crippen molar-refractivity contribution < 1.29 is 4.39 Å². The van der Waals surface area contributed by atoms with Gasteiger partial charge in [0, 0.05) is 6.04 Å². The molecule has 3 nitrogen and oxygen atoms in total. The monoisotopic (exact) mass is 259 g/mol. The van der Waals surface area contributed by atoms with Crippen LogP contribution in [0, 0.1) is 11.7 Å². The van der Waals surface area contributed by atoms with Gasteiger partial charge in [-0.05, 0) is 37.3 Å². The van der Waals surface area contributed by atoms with Crippen molar-refractivity contribution in [3.05, 3.63) is 29.8 Å². The number of rotatable bonds is 1. The van der Waals surface area contributed by atoms with Crippen LogP contribution in [0.1, 0.15) is 44.0 Å². The molecule has 1 saturated heterocycles. The zero-order valence-electron chi connectivity index (χ0n) is 10.8. The van der Waals surface area contributed by atoms with E-state index in [0.717, 1.165) is 23.7 Å². The Morgan fingerprint density at radius 2 is 2.11 bits per heavy atom. The molecule has 3 unspecified atom stereocenters. The fraction of sp³-hybridized carbons (Fsp3) is 0.533. The molecular formula is C15H18FN3. The van der Waals surface area contributed by atoms with Gasteiger partial charge >= 0.3 is 0 Å². The summed E-state index contributed by atoms with van der Waals surface area (Å²) in [5.74, 6) is 1.43. The van der Waals surface area contributed by atoms with Gasteiger partial charge in [0.25, 0.3) is 0 Å². The van der Waals surface area contributed by atoms with Crippen molar-refractivity contribution in [1.29, 1.82) is 0 Å². The average Bonchev–Trinajstić information content (AvgIpc) is 3.02. The number of H-pyrrole nitrogens is 1. The van der Waals surface area contributed by atoms with Crippen molar-refractivity contribution in [1.82, 2.24) is 15.3 Å². The summed E-state index contributed by atoms with van der Waals surface area (Å²) < 4.78 is 13.7. The van der Waals surface area contributed by atoms with E-state index in [0.29, 0.717) is 11.6 Å². The molecule has 1 aliphatic carbocycles. The number of aromatic nitrogens is 2. The summed E-state index contributed by atoms with van der Waals surface area (Å²) in [5, 5.41) is 3.67. The van der Waals surface area contributed by atoms with Crippen LogP contribution in [0.2, 0.25) is 0 Å². The van der Waals surface area contributed by atoms with Crippen molar-refractivity contribution in [3.63, 3.8) is 0 Å². The summed E-state index contributed by atoms with van der Waals surface area (Å²) in [6.45, 7) is 0. The van der Waals surface area contributed by atoms with E-state index in [1.807, 2.05) is 6.07 Å². The highest BCUT2D eigenvalue weighted by Gasteiger charge is 2.36. The standard InChI is InChI=1S/C15H18FN3/c16-10-5-3-7-12-14(10)19-15(18-12)13-8-9-4-1-2-6-11(9)17-13/h3,5,7,9,11,13,17H,1-2,4,6,8H2,(H,18,19). The Bertz CT molecular complexity index is 592. The summed E-state index contributed by atoms with van der Waals surface area (Å²) in [5.41, 5.74) is 1.26. The second kappa shape index (κ2) is 4.30. The molecule has 0 radical (unpaired) electrons. The van der Waals surface area contributed by atoms with Gasteiger partial charge in [0.05, 0.1) is 11.6 Å². The maximum atomic E-state index is 13.7. The minimum atomic E-state index is -0.240. The number of nitrogens with one attached hydrogen (secondary N) is 2. The van der Waals surface area contributed by atoms with Crippen molar-refractivity contribution >= 4 is 11.0 Å². The summed E-state index contributed by atoms with van der Waals surface area (Å²) in [4.78, 5) is 7.73. The van der Waals surface area contributed by atoms with Gasteiger partial charge in [-0.1, -0.05) is 18.9 Å². The highest BCUT2D eigenvalue weighted by molar-refractivity contribution is 5.75. The van der Waals surface area contributed by atoms with Gasteiger partial charge in [0.2, 0.25) is 0 Å². The number of aromatic amines is 1. The molecule has 1 aromatic heterocycles. The lowest BCUT2D eigenvalue weighted by Gasteiger charge is -2.24. The predicted molar refractivity (Wildman–Crippen MR) is 72.3 cm³/mol. The van der Waals surface area contributed by atoms with Gasteiger partial charge in [0.1, 0.15) is 11.3 Å². The lowest BCUT2D eigenvalue weighted by atomic mass is 9.85. The molecule has 2 heterocycles. The molecule has 2 aliphatic rings. The maximum Gasteiger partial charge on any atom is 0.151 e. The zero-order chi connectivity index (χ0) is 12.8. The molecule has 1 aromatic carbocycles. The average molecular weight is 259 g/mol. The third-order valence-electron chi connectivity index (χ3n) is 4.67. The first-order valence-corrected chi connectivity index (χ1v) is 7.21. The Kier molecular flexibility index (Phi) is 2.58. The van der Waals surface area contributed by atoms with Gasteiger partial charge in [-0.25, -0.2) is 9.37 Å². The molecule has 0 spiro atoms. The first-order chi connectivity index (χ1) is 9.31. The molecule has 4 heteroatoms. The highest BCUT2D eigenvalue weighted by atomic mass is 19.1. The number of hydrogen-bond acceptors (Lipinski definition) is 2. The van der Waals surface area contributed by atoms with Crippen LogP contribution in [0.15, 0.2) is 18.2 Å². The van der Waals surface area contributed by atoms with Gasteiger partial charge in [0.15, 0.2) is 5.82 Å². The smallest absolute Gasteiger partial charge is 0.151 e. The maximum absolute atomic E-state index is 13.7. The molecule has 19 heavy (non-hydrogen) atoms. The number of imidazole rings is 1. The fourth-order valence-corrected chi connectivity index (χ4v) is 3.71. The van der Waals surface area contributed by atoms with Gasteiger partial charge < -0.3 is 10.3 Å². The number of benzene rings is 1. The lowest BCUT2D eigenvalue weighted by molar-refractivity contribution is 0.325. The molecule has 100 valence electrons. The molecule has 1 saturated carbocycles. The Morgan fingerprint density at radius 1 is 1.21 bits per heavy atom. The van der Waals surface area contributed by atoms with Gasteiger partial charge in [-0.15, -0.1) is 0 Å². The van der Waals surface area contributed by atoms with E-state index in [1.165, 1.54) is 31.7 Å². The minimum absolute atomic E-state index is 0.240. The van der Waals surface area contributed by atoms with Crippen molar-refractivity contribution in [2.24, 2.45) is 5.92 Å². The number of para-hydroxylation sites is 1. The van der Waals surface area contributed by atoms with E-state index in [1.54, 1.807) is 6.07 Å². The zero-order valence-corrected chi connectivity index (χ0v) is 10.8. The SMILES string of the molecule is Fc1cccc2[nH]c(C3CC4CCCCC4N3)nc12. The number of hydrogen-bond donors (Lipinski definition) is 2. The molecule has 3 atom stereocenters. The molecule has 0 amide bonds. The second-order valence-corrected chi connectivity index (χ2v) is 5.86. The number of fused-ring (bicyclic) bond motifs is 2. The Balaban J connectivity index is 1.66. The lowest BCUT2D eigenvalue weighted by Crippen LogP contribution is -2.30. The Labute approximate surface area is 111 Å². The molecule has 2 N–H and O–H groups in total. The molecule has 0 bridgehead atoms. The van der Waals surface area contributed by atoms with E-state index in [-0.39, 0.29) is 11.9 Å². The summed E-state index contributed by atoms with van der Waals surface area (Å²) in [7, 11) is 0. The van der Waals surface area contributed by atoms with Crippen molar-refractivity contribution in [3.8, 4) is 0 Å². The second-order valence-electron chi connectivity index (χ2n) is 5.86. The number of halogens is 1. The van der Waals surface area contributed by atoms with Crippen LogP contribution in [0.25, 0.3) is 11.0 Å². The highest BCUT2D eigenvalue weighted by Crippen LogP contribution is 2.38. The fourth-order valence-electron chi connectivity index (χ4n) is 3.71. The van der Waals surface area contributed by atoms with Gasteiger partial charge in [-0.2, -0.15) is 0 Å². The van der Waals surface area contributed by atoms with Crippen LogP contribution < -0.4 is 5.32 Å². The van der Waals surface area contributed by atoms with Crippen LogP contribution in [0.3, 0.4) is 0 Å². The van der Waals surface area contributed by atoms with E-state index in [4.69, 9.17) is 0 Å². The van der Waals surface area contributed by atoms with E-state index >= 15 is 0 Å². The minimum Gasteiger partial charge on any atom is -0.341 e. The normalized spacial score (nSPS) is 30.7. The Hall–Kier alpha value is -1.42. The van der Waals surface area contributed by atoms with E-state index in [2.05, 4.69) is 15.3 Å². The first-order valence-electron chi connectivity index (χ1n) is 7.21. The van der Waals surface area contributed by atoms with E-state index < -0.39 is 0 Å². The van der Waals surface area contributed by atoms with Gasteiger partial charge in [-0.3, -0.25) is 0 Å². The van der Waals surface area contributed by atoms with E-state index in [9.17, 15) is 4.39 Å². The van der Waals surface area contributed by atoms with Crippen LogP contribution in [-0.4, -0.2) is 16.0 Å². The molecular weight excluding hydrogens is 241 g/mol. The van der Waals surface area contributed by atoms with Crippen LogP contribution >= 0.6 is 0 Å². The molecule has 2 aromatic rings. The summed E-state index contributed by atoms with van der Waals surface area (Å²) in [6.07, 6.45) is 6.41. The number of nitrogens with zero attached hydrogens (tertiary/aromatic N) is 1. The van der Waals surface area contributed by atoms with Crippen LogP contribution in [-0.2, 0) is 0 Å². The van der Waals surface area contributed by atoms with Crippen LogP contribution in [0.5, 0.6) is 0 Å². The molecule has 1 aliphatic heterocycles. The predicted octanol–water partition coefficient (Wildman–Crippen LogP) is 3.30. The first kappa shape index (κ1) is 11.4. The molecule has 4 rings (SSSR count). The third-order valence-corrected chi connectivity index (χ3v) is 4.67.